The molecule has 0 saturated heterocycles. The Bertz CT molecular complexity index is 639. The lowest BCUT2D eigenvalue weighted by molar-refractivity contribution is -0.274. The van der Waals surface area contributed by atoms with Crippen LogP contribution < -0.4 is 9.47 Å². The molecule has 21 heavy (non-hydrogen) atoms. The normalized spacial score (nSPS) is 11.0. The van der Waals surface area contributed by atoms with E-state index in [2.05, 4.69) is 20.7 Å². The lowest BCUT2D eigenvalue weighted by Crippen LogP contribution is -2.17. The Labute approximate surface area is 126 Å². The van der Waals surface area contributed by atoms with Crippen LogP contribution in [0.25, 0.3) is 0 Å². The third-order valence-corrected chi connectivity index (χ3v) is 3.04. The third-order valence-electron chi connectivity index (χ3n) is 2.38. The zero-order chi connectivity index (χ0) is 15.5. The number of hydrogen-bond donors (Lipinski definition) is 0. The Hall–Kier alpha value is -2.02. The second-order valence-corrected chi connectivity index (χ2v) is 4.78. The summed E-state index contributed by atoms with van der Waals surface area (Å²) in [6.45, 7) is 0. The number of aldehydes is 1. The molecule has 2 rings (SSSR count). The molecule has 7 heteroatoms. The maximum absolute atomic E-state index is 12.2. The predicted molar refractivity (Wildman–Crippen MR) is 72.7 cm³/mol. The lowest BCUT2D eigenvalue weighted by Gasteiger charge is -2.12. The maximum Gasteiger partial charge on any atom is 0.573 e. The summed E-state index contributed by atoms with van der Waals surface area (Å²) in [5, 5.41) is 0. The highest BCUT2D eigenvalue weighted by Crippen LogP contribution is 2.34. The van der Waals surface area contributed by atoms with E-state index in [1.807, 2.05) is 0 Å². The van der Waals surface area contributed by atoms with Gasteiger partial charge in [0.1, 0.15) is 23.5 Å². The van der Waals surface area contributed by atoms with E-state index in [0.717, 1.165) is 6.07 Å². The van der Waals surface area contributed by atoms with E-state index in [1.54, 1.807) is 0 Å². The van der Waals surface area contributed by atoms with Crippen LogP contribution in [0.5, 0.6) is 17.2 Å². The van der Waals surface area contributed by atoms with Crippen molar-refractivity contribution in [2.75, 3.05) is 0 Å². The quantitative estimate of drug-likeness (QED) is 0.723. The first kappa shape index (κ1) is 15.4. The van der Waals surface area contributed by atoms with Crippen LogP contribution in [0.3, 0.4) is 0 Å². The molecule has 0 aliphatic carbocycles. The average Bonchev–Trinajstić information content (AvgIpc) is 2.42. The standard InChI is InChI=1S/C14H8BrF3O3/c15-12-6-5-11(21-14(16,17)18)7-13(12)20-10-3-1-9(8-19)2-4-10/h1-8H. The molecular formula is C14H8BrF3O3. The number of halogens is 4. The van der Waals surface area contributed by atoms with Crippen LogP contribution >= 0.6 is 15.9 Å². The number of hydrogen-bond acceptors (Lipinski definition) is 3. The number of carbonyl (C=O) groups is 1. The molecule has 110 valence electrons. The highest BCUT2D eigenvalue weighted by Gasteiger charge is 2.31. The van der Waals surface area contributed by atoms with Crippen molar-refractivity contribution < 1.29 is 27.4 Å². The number of rotatable bonds is 4. The van der Waals surface area contributed by atoms with Gasteiger partial charge in [-0.1, -0.05) is 0 Å². The van der Waals surface area contributed by atoms with E-state index >= 15 is 0 Å². The van der Waals surface area contributed by atoms with Crippen LogP contribution in [0, 0.1) is 0 Å². The molecule has 0 atom stereocenters. The van der Waals surface area contributed by atoms with Gasteiger partial charge < -0.3 is 9.47 Å². The van der Waals surface area contributed by atoms with Crippen LogP contribution in [0.15, 0.2) is 46.9 Å². The fourth-order valence-electron chi connectivity index (χ4n) is 1.50. The molecule has 0 radical (unpaired) electrons. The number of benzene rings is 2. The minimum atomic E-state index is -4.77. The molecule has 0 N–H and O–H groups in total. The Kier molecular flexibility index (Phi) is 4.52. The number of carbonyl (C=O) groups excluding carboxylic acids is 1. The van der Waals surface area contributed by atoms with Crippen molar-refractivity contribution in [1.82, 2.24) is 0 Å². The summed E-state index contributed by atoms with van der Waals surface area (Å²) in [5.41, 5.74) is 0.468. The monoisotopic (exact) mass is 360 g/mol. The molecule has 0 fully saturated rings. The molecular weight excluding hydrogens is 353 g/mol. The van der Waals surface area contributed by atoms with Crippen molar-refractivity contribution in [3.8, 4) is 17.2 Å². The van der Waals surface area contributed by atoms with Gasteiger partial charge in [0.15, 0.2) is 0 Å². The van der Waals surface area contributed by atoms with Crippen LogP contribution in [0.2, 0.25) is 0 Å². The van der Waals surface area contributed by atoms with Crippen molar-refractivity contribution in [3.63, 3.8) is 0 Å². The summed E-state index contributed by atoms with van der Waals surface area (Å²) >= 11 is 3.18. The number of alkyl halides is 3. The second kappa shape index (κ2) is 6.17. The summed E-state index contributed by atoms with van der Waals surface area (Å²) in [4.78, 5) is 10.5. The van der Waals surface area contributed by atoms with Gasteiger partial charge in [0.25, 0.3) is 0 Å². The molecule has 0 saturated carbocycles. The van der Waals surface area contributed by atoms with E-state index in [0.29, 0.717) is 22.1 Å². The summed E-state index contributed by atoms with van der Waals surface area (Å²) in [6.07, 6.45) is -4.09. The first-order valence-electron chi connectivity index (χ1n) is 5.66. The molecule has 0 heterocycles. The highest BCUT2D eigenvalue weighted by atomic mass is 79.9. The molecule has 0 aliphatic rings. The average molecular weight is 361 g/mol. The molecule has 0 aliphatic heterocycles. The van der Waals surface area contributed by atoms with E-state index in [4.69, 9.17) is 4.74 Å². The third kappa shape index (κ3) is 4.49. The Morgan fingerprint density at radius 2 is 1.62 bits per heavy atom. The van der Waals surface area contributed by atoms with Crippen molar-refractivity contribution in [2.45, 2.75) is 6.36 Å². The van der Waals surface area contributed by atoms with E-state index in [9.17, 15) is 18.0 Å². The summed E-state index contributed by atoms with van der Waals surface area (Å²) in [5.74, 6) is 0.159. The van der Waals surface area contributed by atoms with Crippen LogP contribution in [-0.4, -0.2) is 12.6 Å². The van der Waals surface area contributed by atoms with Gasteiger partial charge in [-0.3, -0.25) is 4.79 Å². The van der Waals surface area contributed by atoms with E-state index in [-0.39, 0.29) is 11.5 Å². The first-order valence-corrected chi connectivity index (χ1v) is 6.45. The van der Waals surface area contributed by atoms with Crippen molar-refractivity contribution in [3.05, 3.63) is 52.5 Å². The minimum Gasteiger partial charge on any atom is -0.456 e. The largest absolute Gasteiger partial charge is 0.573 e. The maximum atomic E-state index is 12.2. The Balaban J connectivity index is 2.21. The van der Waals surface area contributed by atoms with Crippen molar-refractivity contribution >= 4 is 22.2 Å². The van der Waals surface area contributed by atoms with Gasteiger partial charge in [0.05, 0.1) is 4.47 Å². The summed E-state index contributed by atoms with van der Waals surface area (Å²) in [7, 11) is 0. The smallest absolute Gasteiger partial charge is 0.456 e. The van der Waals surface area contributed by atoms with Crippen LogP contribution in [0.4, 0.5) is 13.2 Å². The molecule has 0 unspecified atom stereocenters. The van der Waals surface area contributed by atoms with E-state index < -0.39 is 6.36 Å². The van der Waals surface area contributed by atoms with Gasteiger partial charge in [-0.05, 0) is 52.3 Å². The summed E-state index contributed by atoms with van der Waals surface area (Å²) < 4.78 is 46.3. The topological polar surface area (TPSA) is 35.5 Å². The summed E-state index contributed by atoms with van der Waals surface area (Å²) in [6, 6.07) is 9.81. The molecule has 3 nitrogen and oxygen atoms in total. The zero-order valence-electron chi connectivity index (χ0n) is 10.4. The highest BCUT2D eigenvalue weighted by molar-refractivity contribution is 9.10. The predicted octanol–water partition coefficient (Wildman–Crippen LogP) is 4.95. The SMILES string of the molecule is O=Cc1ccc(Oc2cc(OC(F)(F)F)ccc2Br)cc1. The van der Waals surface area contributed by atoms with E-state index in [1.165, 1.54) is 36.4 Å². The lowest BCUT2D eigenvalue weighted by atomic mass is 10.2. The minimum absolute atomic E-state index is 0.163. The molecule has 0 spiro atoms. The van der Waals surface area contributed by atoms with Crippen molar-refractivity contribution in [2.24, 2.45) is 0 Å². The van der Waals surface area contributed by atoms with Crippen LogP contribution in [0.1, 0.15) is 10.4 Å². The fraction of sp³-hybridized carbons (Fsp3) is 0.0714. The van der Waals surface area contributed by atoms with Gasteiger partial charge in [-0.2, -0.15) is 0 Å². The molecule has 2 aromatic rings. The Morgan fingerprint density at radius 3 is 2.19 bits per heavy atom. The molecule has 0 aromatic heterocycles. The van der Waals surface area contributed by atoms with Crippen molar-refractivity contribution in [1.29, 1.82) is 0 Å². The fourth-order valence-corrected chi connectivity index (χ4v) is 1.83. The molecule has 0 bridgehead atoms. The van der Waals surface area contributed by atoms with Gasteiger partial charge >= 0.3 is 6.36 Å². The molecule has 0 amide bonds. The van der Waals surface area contributed by atoms with Gasteiger partial charge in [0, 0.05) is 11.6 Å². The van der Waals surface area contributed by atoms with Gasteiger partial charge in [0.2, 0.25) is 0 Å². The zero-order valence-corrected chi connectivity index (χ0v) is 11.9. The number of ether oxygens (including phenoxy) is 2. The van der Waals surface area contributed by atoms with Gasteiger partial charge in [-0.25, -0.2) is 0 Å². The van der Waals surface area contributed by atoms with Gasteiger partial charge in [-0.15, -0.1) is 13.2 Å². The first-order chi connectivity index (χ1) is 9.87. The molecule has 2 aromatic carbocycles. The second-order valence-electron chi connectivity index (χ2n) is 3.93. The van der Waals surface area contributed by atoms with Crippen LogP contribution in [-0.2, 0) is 0 Å². The Morgan fingerprint density at radius 1 is 1.00 bits per heavy atom.